The molecule has 1 atom stereocenters. The highest BCUT2D eigenvalue weighted by atomic mass is 19.1. The number of aromatic nitrogens is 1. The van der Waals surface area contributed by atoms with E-state index in [0.29, 0.717) is 23.6 Å². The smallest absolute Gasteiger partial charge is 0.337 e. The van der Waals surface area contributed by atoms with Crippen molar-refractivity contribution in [1.29, 1.82) is 0 Å². The summed E-state index contributed by atoms with van der Waals surface area (Å²) in [5.74, 6) is -0.968. The van der Waals surface area contributed by atoms with Crippen LogP contribution >= 0.6 is 0 Å². The zero-order chi connectivity index (χ0) is 16.2. The van der Waals surface area contributed by atoms with Gasteiger partial charge in [0.1, 0.15) is 18.2 Å². The van der Waals surface area contributed by atoms with Gasteiger partial charge in [-0.25, -0.2) is 9.18 Å². The van der Waals surface area contributed by atoms with E-state index < -0.39 is 11.8 Å². The molecule has 0 aliphatic carbocycles. The first-order chi connectivity index (χ1) is 11.1. The van der Waals surface area contributed by atoms with Crippen LogP contribution in [0.1, 0.15) is 23.2 Å². The molecule has 1 aliphatic heterocycles. The van der Waals surface area contributed by atoms with Crippen LogP contribution in [0.4, 0.5) is 4.39 Å². The lowest BCUT2D eigenvalue weighted by Gasteiger charge is -2.14. The summed E-state index contributed by atoms with van der Waals surface area (Å²) in [4.78, 5) is 15.0. The maximum absolute atomic E-state index is 13.6. The summed E-state index contributed by atoms with van der Waals surface area (Å²) in [6.07, 6.45) is 3.26. The molecule has 6 heteroatoms. The summed E-state index contributed by atoms with van der Waals surface area (Å²) < 4.78 is 24.8. The summed E-state index contributed by atoms with van der Waals surface area (Å²) in [5, 5.41) is 8.91. The molecule has 0 radical (unpaired) electrons. The van der Waals surface area contributed by atoms with Crippen molar-refractivity contribution >= 4 is 5.97 Å². The number of ether oxygens (including phenoxy) is 2. The molecule has 1 aliphatic rings. The third kappa shape index (κ3) is 3.65. The summed E-state index contributed by atoms with van der Waals surface area (Å²) in [7, 11) is 0. The average molecular weight is 317 g/mol. The van der Waals surface area contributed by atoms with Crippen molar-refractivity contribution in [2.24, 2.45) is 0 Å². The van der Waals surface area contributed by atoms with Gasteiger partial charge in [0.15, 0.2) is 0 Å². The molecular weight excluding hydrogens is 301 g/mol. The number of aromatic carboxylic acids is 1. The number of carboxylic acid groups (broad SMARTS) is 1. The molecule has 0 saturated carbocycles. The zero-order valence-electron chi connectivity index (χ0n) is 12.4. The van der Waals surface area contributed by atoms with Gasteiger partial charge in [-0.3, -0.25) is 4.98 Å². The van der Waals surface area contributed by atoms with E-state index in [-0.39, 0.29) is 11.7 Å². The number of hydrogen-bond acceptors (Lipinski definition) is 4. The highest BCUT2D eigenvalue weighted by Gasteiger charge is 2.18. The molecule has 1 N–H and O–H groups in total. The topological polar surface area (TPSA) is 68.7 Å². The Kier molecular flexibility index (Phi) is 4.52. The fourth-order valence-electron chi connectivity index (χ4n) is 2.47. The Morgan fingerprint density at radius 3 is 2.91 bits per heavy atom. The molecule has 1 saturated heterocycles. The predicted molar refractivity (Wildman–Crippen MR) is 81.1 cm³/mol. The van der Waals surface area contributed by atoms with Crippen molar-refractivity contribution in [3.05, 3.63) is 47.9 Å². The second-order valence-electron chi connectivity index (χ2n) is 5.32. The lowest BCUT2D eigenvalue weighted by atomic mass is 10.1. The molecule has 0 bridgehead atoms. The number of benzene rings is 1. The van der Waals surface area contributed by atoms with E-state index in [4.69, 9.17) is 14.6 Å². The van der Waals surface area contributed by atoms with Crippen molar-refractivity contribution in [2.75, 3.05) is 13.2 Å². The van der Waals surface area contributed by atoms with E-state index >= 15 is 0 Å². The summed E-state index contributed by atoms with van der Waals surface area (Å²) >= 11 is 0. The number of pyridine rings is 1. The van der Waals surface area contributed by atoms with Gasteiger partial charge in [-0.2, -0.15) is 0 Å². The van der Waals surface area contributed by atoms with Crippen LogP contribution in [-0.2, 0) is 4.74 Å². The number of rotatable bonds is 5. The number of hydrogen-bond donors (Lipinski definition) is 1. The van der Waals surface area contributed by atoms with Crippen LogP contribution in [0.5, 0.6) is 5.75 Å². The third-order valence-corrected chi connectivity index (χ3v) is 3.68. The molecule has 23 heavy (non-hydrogen) atoms. The Hall–Kier alpha value is -2.47. The van der Waals surface area contributed by atoms with E-state index in [1.807, 2.05) is 0 Å². The first kappa shape index (κ1) is 15.4. The lowest BCUT2D eigenvalue weighted by Crippen LogP contribution is -2.16. The first-order valence-electron chi connectivity index (χ1n) is 7.37. The van der Waals surface area contributed by atoms with E-state index in [1.54, 1.807) is 6.07 Å². The van der Waals surface area contributed by atoms with Crippen molar-refractivity contribution in [2.45, 2.75) is 18.9 Å². The van der Waals surface area contributed by atoms with Crippen molar-refractivity contribution in [1.82, 2.24) is 4.98 Å². The van der Waals surface area contributed by atoms with Gasteiger partial charge in [0.25, 0.3) is 0 Å². The van der Waals surface area contributed by atoms with E-state index in [9.17, 15) is 9.18 Å². The van der Waals surface area contributed by atoms with E-state index in [0.717, 1.165) is 19.4 Å². The standard InChI is InChI=1S/C17H16FNO4/c18-12-4-6-16(23-10-13-2-1-7-22-13)14(8-12)15-5-3-11(9-19-15)17(20)21/h3-6,8-9,13H,1-2,7,10H2,(H,20,21). The van der Waals surface area contributed by atoms with Crippen molar-refractivity contribution in [3.63, 3.8) is 0 Å². The van der Waals surface area contributed by atoms with Crippen LogP contribution in [0, 0.1) is 5.82 Å². The summed E-state index contributed by atoms with van der Waals surface area (Å²) in [6, 6.07) is 7.16. The van der Waals surface area contributed by atoms with Crippen molar-refractivity contribution < 1.29 is 23.8 Å². The summed E-state index contributed by atoms with van der Waals surface area (Å²) in [5.41, 5.74) is 1.02. The van der Waals surface area contributed by atoms with Crippen LogP contribution < -0.4 is 4.74 Å². The van der Waals surface area contributed by atoms with Gasteiger partial charge in [0.05, 0.1) is 17.4 Å². The highest BCUT2D eigenvalue weighted by molar-refractivity contribution is 5.87. The quantitative estimate of drug-likeness (QED) is 0.917. The largest absolute Gasteiger partial charge is 0.490 e. The molecule has 3 rings (SSSR count). The molecule has 120 valence electrons. The second kappa shape index (κ2) is 6.75. The minimum atomic E-state index is -1.06. The molecule has 5 nitrogen and oxygen atoms in total. The number of halogens is 1. The SMILES string of the molecule is O=C(O)c1ccc(-c2cc(F)ccc2OCC2CCCO2)nc1. The van der Waals surface area contributed by atoms with Gasteiger partial charge < -0.3 is 14.6 Å². The number of nitrogens with zero attached hydrogens (tertiary/aromatic N) is 1. The van der Waals surface area contributed by atoms with Crippen LogP contribution in [0.25, 0.3) is 11.3 Å². The second-order valence-corrected chi connectivity index (χ2v) is 5.32. The maximum Gasteiger partial charge on any atom is 0.337 e. The van der Waals surface area contributed by atoms with Crippen LogP contribution in [0.2, 0.25) is 0 Å². The maximum atomic E-state index is 13.6. The fraction of sp³-hybridized carbons (Fsp3) is 0.294. The Bertz CT molecular complexity index is 696. The molecule has 1 fully saturated rings. The number of carbonyl (C=O) groups is 1. The van der Waals surface area contributed by atoms with Gasteiger partial charge in [0, 0.05) is 18.4 Å². The summed E-state index contributed by atoms with van der Waals surface area (Å²) in [6.45, 7) is 1.13. The van der Waals surface area contributed by atoms with Crippen molar-refractivity contribution in [3.8, 4) is 17.0 Å². The first-order valence-corrected chi connectivity index (χ1v) is 7.37. The molecule has 1 aromatic carbocycles. The van der Waals surface area contributed by atoms with Gasteiger partial charge in [-0.15, -0.1) is 0 Å². The monoisotopic (exact) mass is 317 g/mol. The van der Waals surface area contributed by atoms with Gasteiger partial charge in [0.2, 0.25) is 0 Å². The van der Waals surface area contributed by atoms with Crippen LogP contribution in [0.15, 0.2) is 36.5 Å². The van der Waals surface area contributed by atoms with Crippen LogP contribution in [0.3, 0.4) is 0 Å². The number of carboxylic acids is 1. The molecule has 0 amide bonds. The van der Waals surface area contributed by atoms with Gasteiger partial charge in [-0.05, 0) is 43.2 Å². The Morgan fingerprint density at radius 2 is 2.26 bits per heavy atom. The molecule has 0 spiro atoms. The molecule has 2 heterocycles. The Balaban J connectivity index is 1.84. The van der Waals surface area contributed by atoms with Crippen LogP contribution in [-0.4, -0.2) is 35.4 Å². The fourth-order valence-corrected chi connectivity index (χ4v) is 2.47. The molecule has 1 aromatic heterocycles. The Morgan fingerprint density at radius 1 is 1.39 bits per heavy atom. The average Bonchev–Trinajstić information content (AvgIpc) is 3.07. The normalized spacial score (nSPS) is 17.2. The molecule has 2 aromatic rings. The third-order valence-electron chi connectivity index (χ3n) is 3.68. The van der Waals surface area contributed by atoms with Gasteiger partial charge >= 0.3 is 5.97 Å². The minimum Gasteiger partial charge on any atom is -0.490 e. The predicted octanol–water partition coefficient (Wildman–Crippen LogP) is 3.14. The zero-order valence-corrected chi connectivity index (χ0v) is 12.4. The molecular formula is C17H16FNO4. The lowest BCUT2D eigenvalue weighted by molar-refractivity contribution is 0.0681. The van der Waals surface area contributed by atoms with Gasteiger partial charge in [-0.1, -0.05) is 0 Å². The van der Waals surface area contributed by atoms with E-state index in [2.05, 4.69) is 4.98 Å². The molecule has 1 unspecified atom stereocenters. The highest BCUT2D eigenvalue weighted by Crippen LogP contribution is 2.30. The Labute approximate surface area is 132 Å². The van der Waals surface area contributed by atoms with E-state index in [1.165, 1.54) is 30.5 Å². The minimum absolute atomic E-state index is 0.0512.